The predicted molar refractivity (Wildman–Crippen MR) is 91.5 cm³/mol. The van der Waals surface area contributed by atoms with Crippen LogP contribution in [0.1, 0.15) is 12.8 Å². The van der Waals surface area contributed by atoms with Crippen LogP contribution in [-0.2, 0) is 4.79 Å². The standard InChI is InChI=1S/C20H23NO/c1-4-10-17-18-14(5-2)13-15(6-3)19(18)20(22)21(17)16-11-8-7-9-12-16/h4-9,11-12,14-15,17-19H,1-3,10,13H2/t14-,15+,17+,18+,19+/m1/s1. The van der Waals surface area contributed by atoms with Crippen molar-refractivity contribution in [2.75, 3.05) is 4.90 Å². The minimum atomic E-state index is 0.0330. The van der Waals surface area contributed by atoms with Crippen LogP contribution in [0.2, 0.25) is 0 Å². The molecule has 1 amide bonds. The van der Waals surface area contributed by atoms with E-state index in [0.717, 1.165) is 18.5 Å². The molecule has 1 aromatic carbocycles. The van der Waals surface area contributed by atoms with E-state index >= 15 is 0 Å². The average molecular weight is 293 g/mol. The van der Waals surface area contributed by atoms with Gasteiger partial charge in [0.1, 0.15) is 0 Å². The van der Waals surface area contributed by atoms with Crippen molar-refractivity contribution in [3.63, 3.8) is 0 Å². The first kappa shape index (κ1) is 14.8. The van der Waals surface area contributed by atoms with Crippen LogP contribution in [0, 0.1) is 23.7 Å². The van der Waals surface area contributed by atoms with E-state index in [0.29, 0.717) is 11.8 Å². The molecule has 114 valence electrons. The number of carbonyl (C=O) groups is 1. The number of hydrogen-bond acceptors (Lipinski definition) is 1. The van der Waals surface area contributed by atoms with Gasteiger partial charge < -0.3 is 4.90 Å². The number of amides is 1. The Morgan fingerprint density at radius 1 is 1.09 bits per heavy atom. The van der Waals surface area contributed by atoms with Crippen molar-refractivity contribution >= 4 is 11.6 Å². The number of hydrogen-bond donors (Lipinski definition) is 0. The minimum absolute atomic E-state index is 0.0330. The molecule has 0 spiro atoms. The summed E-state index contributed by atoms with van der Waals surface area (Å²) < 4.78 is 0. The zero-order valence-corrected chi connectivity index (χ0v) is 12.9. The Balaban J connectivity index is 2.05. The van der Waals surface area contributed by atoms with Crippen LogP contribution in [0.15, 0.2) is 68.3 Å². The van der Waals surface area contributed by atoms with Gasteiger partial charge in [-0.1, -0.05) is 36.4 Å². The first-order valence-corrected chi connectivity index (χ1v) is 7.97. The number of allylic oxidation sites excluding steroid dienone is 2. The molecule has 2 nitrogen and oxygen atoms in total. The lowest BCUT2D eigenvalue weighted by atomic mass is 9.84. The topological polar surface area (TPSA) is 20.3 Å². The van der Waals surface area contributed by atoms with Crippen molar-refractivity contribution in [3.05, 3.63) is 68.3 Å². The molecular weight excluding hydrogens is 270 g/mol. The molecule has 22 heavy (non-hydrogen) atoms. The van der Waals surface area contributed by atoms with Crippen LogP contribution in [0.4, 0.5) is 5.69 Å². The van der Waals surface area contributed by atoms with Gasteiger partial charge in [0.05, 0.1) is 5.92 Å². The third kappa shape index (κ3) is 2.14. The highest BCUT2D eigenvalue weighted by atomic mass is 16.2. The minimum Gasteiger partial charge on any atom is -0.308 e. The van der Waals surface area contributed by atoms with E-state index in [1.54, 1.807) is 0 Å². The van der Waals surface area contributed by atoms with Crippen molar-refractivity contribution in [3.8, 4) is 0 Å². The Morgan fingerprint density at radius 2 is 1.77 bits per heavy atom. The molecule has 1 heterocycles. The first-order chi connectivity index (χ1) is 10.7. The molecule has 1 aliphatic heterocycles. The van der Waals surface area contributed by atoms with Gasteiger partial charge in [0, 0.05) is 11.7 Å². The summed E-state index contributed by atoms with van der Waals surface area (Å²) in [5.41, 5.74) is 0.986. The van der Waals surface area contributed by atoms with Crippen LogP contribution in [0.5, 0.6) is 0 Å². The number of fused-ring (bicyclic) bond motifs is 1. The molecule has 2 aliphatic rings. The molecule has 2 heteroatoms. The molecule has 2 fully saturated rings. The summed E-state index contributed by atoms with van der Waals surface area (Å²) >= 11 is 0. The zero-order valence-electron chi connectivity index (χ0n) is 12.9. The largest absolute Gasteiger partial charge is 0.308 e. The van der Waals surface area contributed by atoms with Crippen molar-refractivity contribution in [1.82, 2.24) is 0 Å². The molecule has 1 aliphatic carbocycles. The fourth-order valence-corrected chi connectivity index (χ4v) is 4.38. The average Bonchev–Trinajstić information content (AvgIpc) is 3.05. The zero-order chi connectivity index (χ0) is 15.7. The summed E-state index contributed by atoms with van der Waals surface area (Å²) in [5.74, 6) is 1.20. The van der Waals surface area contributed by atoms with Gasteiger partial charge in [-0.05, 0) is 42.7 Å². The number of benzene rings is 1. The number of para-hydroxylation sites is 1. The van der Waals surface area contributed by atoms with Crippen molar-refractivity contribution in [2.45, 2.75) is 18.9 Å². The predicted octanol–water partition coefficient (Wildman–Crippen LogP) is 4.22. The highest BCUT2D eigenvalue weighted by Crippen LogP contribution is 2.52. The van der Waals surface area contributed by atoms with Crippen molar-refractivity contribution in [2.24, 2.45) is 23.7 Å². The number of anilines is 1. The smallest absolute Gasteiger partial charge is 0.231 e. The van der Waals surface area contributed by atoms with Gasteiger partial charge in [-0.25, -0.2) is 0 Å². The molecule has 1 saturated heterocycles. The summed E-state index contributed by atoms with van der Waals surface area (Å²) in [7, 11) is 0. The lowest BCUT2D eigenvalue weighted by Crippen LogP contribution is -2.37. The van der Waals surface area contributed by atoms with Gasteiger partial charge in [-0.15, -0.1) is 19.7 Å². The highest BCUT2D eigenvalue weighted by molar-refractivity contribution is 5.99. The fourth-order valence-electron chi connectivity index (χ4n) is 4.38. The second-order valence-electron chi connectivity index (χ2n) is 6.27. The van der Waals surface area contributed by atoms with Crippen molar-refractivity contribution in [1.29, 1.82) is 0 Å². The third-order valence-corrected chi connectivity index (χ3v) is 5.26. The van der Waals surface area contributed by atoms with Crippen LogP contribution >= 0.6 is 0 Å². The SMILES string of the molecule is C=CC[C@H]1[C@H]2[C@@H](C(=O)N1c1ccccc1)[C@@H](C=C)C[C@H]2C=C. The van der Waals surface area contributed by atoms with Crippen LogP contribution in [0.3, 0.4) is 0 Å². The Morgan fingerprint density at radius 3 is 2.36 bits per heavy atom. The molecule has 1 aromatic rings. The number of nitrogens with zero attached hydrogens (tertiary/aromatic N) is 1. The van der Waals surface area contributed by atoms with Gasteiger partial charge in [0.2, 0.25) is 5.91 Å². The molecule has 0 unspecified atom stereocenters. The molecule has 5 atom stereocenters. The molecule has 0 bridgehead atoms. The fraction of sp³-hybridized carbons (Fsp3) is 0.350. The second kappa shape index (κ2) is 5.96. The monoisotopic (exact) mass is 293 g/mol. The van der Waals surface area contributed by atoms with Gasteiger partial charge in [-0.3, -0.25) is 4.79 Å². The maximum absolute atomic E-state index is 13.1. The van der Waals surface area contributed by atoms with Gasteiger partial charge in [0.25, 0.3) is 0 Å². The normalized spacial score (nSPS) is 33.5. The van der Waals surface area contributed by atoms with Gasteiger partial charge >= 0.3 is 0 Å². The lowest BCUT2D eigenvalue weighted by Gasteiger charge is -2.29. The summed E-state index contributed by atoms with van der Waals surface area (Å²) in [6.07, 6.45) is 7.72. The second-order valence-corrected chi connectivity index (χ2v) is 6.27. The summed E-state index contributed by atoms with van der Waals surface area (Å²) in [5, 5.41) is 0. The Bertz CT molecular complexity index is 591. The van der Waals surface area contributed by atoms with Crippen molar-refractivity contribution < 1.29 is 4.79 Å². The molecule has 3 rings (SSSR count). The quantitative estimate of drug-likeness (QED) is 0.744. The first-order valence-electron chi connectivity index (χ1n) is 7.97. The van der Waals surface area contributed by atoms with E-state index in [1.807, 2.05) is 53.5 Å². The Hall–Kier alpha value is -2.09. The molecule has 0 N–H and O–H groups in total. The molecular formula is C20H23NO. The van der Waals surface area contributed by atoms with Crippen LogP contribution < -0.4 is 4.90 Å². The number of carbonyl (C=O) groups excluding carboxylic acids is 1. The summed E-state index contributed by atoms with van der Waals surface area (Å²) in [6, 6.07) is 10.1. The maximum atomic E-state index is 13.1. The van der Waals surface area contributed by atoms with E-state index in [-0.39, 0.29) is 23.8 Å². The Kier molecular flexibility index (Phi) is 4.02. The Labute approximate surface area is 132 Å². The van der Waals surface area contributed by atoms with Crippen LogP contribution in [-0.4, -0.2) is 11.9 Å². The summed E-state index contributed by atoms with van der Waals surface area (Å²) in [4.78, 5) is 15.1. The lowest BCUT2D eigenvalue weighted by molar-refractivity contribution is -0.121. The van der Waals surface area contributed by atoms with E-state index < -0.39 is 0 Å². The van der Waals surface area contributed by atoms with E-state index in [1.165, 1.54) is 0 Å². The molecule has 1 saturated carbocycles. The van der Waals surface area contributed by atoms with Gasteiger partial charge in [-0.2, -0.15) is 0 Å². The maximum Gasteiger partial charge on any atom is 0.231 e. The highest BCUT2D eigenvalue weighted by Gasteiger charge is 2.56. The van der Waals surface area contributed by atoms with E-state index in [2.05, 4.69) is 19.7 Å². The third-order valence-electron chi connectivity index (χ3n) is 5.26. The van der Waals surface area contributed by atoms with Gasteiger partial charge in [0.15, 0.2) is 0 Å². The molecule has 0 radical (unpaired) electrons. The summed E-state index contributed by atoms with van der Waals surface area (Å²) in [6.45, 7) is 11.8. The number of rotatable bonds is 5. The van der Waals surface area contributed by atoms with E-state index in [4.69, 9.17) is 0 Å². The molecule has 0 aromatic heterocycles. The van der Waals surface area contributed by atoms with Crippen LogP contribution in [0.25, 0.3) is 0 Å². The van der Waals surface area contributed by atoms with E-state index in [9.17, 15) is 4.79 Å².